The zero-order valence-corrected chi connectivity index (χ0v) is 14.2. The topological polar surface area (TPSA) is 70.7 Å². The molecule has 0 aliphatic rings. The Morgan fingerprint density at radius 1 is 1.16 bits per heavy atom. The molecule has 1 N–H and O–H groups in total. The van der Waals surface area contributed by atoms with Crippen LogP contribution in [0.15, 0.2) is 54.6 Å². The number of nitrogens with zero attached hydrogens (tertiary/aromatic N) is 3. The Labute approximate surface area is 146 Å². The van der Waals surface area contributed by atoms with E-state index in [9.17, 15) is 4.79 Å². The molecule has 1 heterocycles. The van der Waals surface area contributed by atoms with Gasteiger partial charge in [0.15, 0.2) is 0 Å². The van der Waals surface area contributed by atoms with Gasteiger partial charge in [-0.1, -0.05) is 24.3 Å². The molecule has 3 aromatic rings. The Balaban J connectivity index is 1.80. The molecule has 0 saturated carbocycles. The van der Waals surface area contributed by atoms with E-state index in [0.29, 0.717) is 23.4 Å². The molecule has 25 heavy (non-hydrogen) atoms. The number of carbonyl (C=O) groups is 1. The maximum absolute atomic E-state index is 12.5. The molecule has 1 aromatic heterocycles. The van der Waals surface area contributed by atoms with E-state index in [0.717, 1.165) is 17.0 Å². The molecule has 2 aromatic carbocycles. The SMILES string of the molecule is Cc1cc(C)n(Cc2cccc(C(=O)Nc3ccccc3C#N)c2)n1. The number of carbonyl (C=O) groups excluding carboxylic acids is 1. The van der Waals surface area contributed by atoms with Gasteiger partial charge in [0.25, 0.3) is 5.91 Å². The van der Waals surface area contributed by atoms with Crippen molar-refractivity contribution in [3.8, 4) is 6.07 Å². The van der Waals surface area contributed by atoms with Gasteiger partial charge in [0.1, 0.15) is 6.07 Å². The molecule has 0 fully saturated rings. The van der Waals surface area contributed by atoms with Crippen LogP contribution in [0.5, 0.6) is 0 Å². The van der Waals surface area contributed by atoms with Gasteiger partial charge in [0.05, 0.1) is 23.5 Å². The molecule has 0 atom stereocenters. The molecule has 0 unspecified atom stereocenters. The van der Waals surface area contributed by atoms with Gasteiger partial charge < -0.3 is 5.32 Å². The molecule has 1 amide bonds. The van der Waals surface area contributed by atoms with E-state index >= 15 is 0 Å². The minimum Gasteiger partial charge on any atom is -0.321 e. The summed E-state index contributed by atoms with van der Waals surface area (Å²) >= 11 is 0. The summed E-state index contributed by atoms with van der Waals surface area (Å²) in [6.45, 7) is 4.57. The zero-order valence-electron chi connectivity index (χ0n) is 14.2. The van der Waals surface area contributed by atoms with Crippen molar-refractivity contribution in [1.29, 1.82) is 5.26 Å². The summed E-state index contributed by atoms with van der Waals surface area (Å²) in [4.78, 5) is 12.5. The van der Waals surface area contributed by atoms with E-state index in [1.165, 1.54) is 0 Å². The molecule has 0 radical (unpaired) electrons. The van der Waals surface area contributed by atoms with E-state index < -0.39 is 0 Å². The number of nitriles is 1. The number of hydrogen-bond donors (Lipinski definition) is 1. The fraction of sp³-hybridized carbons (Fsp3) is 0.150. The van der Waals surface area contributed by atoms with E-state index in [1.54, 1.807) is 30.3 Å². The molecule has 0 bridgehead atoms. The van der Waals surface area contributed by atoms with Crippen molar-refractivity contribution in [3.63, 3.8) is 0 Å². The van der Waals surface area contributed by atoms with Crippen LogP contribution in [0.1, 0.15) is 32.9 Å². The molecule has 0 aliphatic carbocycles. The minimum atomic E-state index is -0.238. The third-order valence-corrected chi connectivity index (χ3v) is 3.92. The van der Waals surface area contributed by atoms with E-state index in [4.69, 9.17) is 5.26 Å². The van der Waals surface area contributed by atoms with Crippen LogP contribution >= 0.6 is 0 Å². The fourth-order valence-electron chi connectivity index (χ4n) is 2.70. The summed E-state index contributed by atoms with van der Waals surface area (Å²) in [5.41, 5.74) is 4.54. The van der Waals surface area contributed by atoms with Crippen molar-refractivity contribution in [3.05, 3.63) is 82.7 Å². The minimum absolute atomic E-state index is 0.238. The highest BCUT2D eigenvalue weighted by Gasteiger charge is 2.10. The number of nitrogens with one attached hydrogen (secondary N) is 1. The first-order chi connectivity index (χ1) is 12.1. The van der Waals surface area contributed by atoms with Gasteiger partial charge in [-0.25, -0.2) is 0 Å². The van der Waals surface area contributed by atoms with Crippen LogP contribution in [0.3, 0.4) is 0 Å². The van der Waals surface area contributed by atoms with E-state index in [2.05, 4.69) is 16.5 Å². The highest BCUT2D eigenvalue weighted by Crippen LogP contribution is 2.16. The number of benzene rings is 2. The number of rotatable bonds is 4. The number of hydrogen-bond acceptors (Lipinski definition) is 3. The largest absolute Gasteiger partial charge is 0.321 e. The van der Waals surface area contributed by atoms with E-state index in [1.807, 2.05) is 42.8 Å². The highest BCUT2D eigenvalue weighted by atomic mass is 16.1. The Bertz CT molecular complexity index is 966. The lowest BCUT2D eigenvalue weighted by Crippen LogP contribution is -2.13. The number of aromatic nitrogens is 2. The first-order valence-corrected chi connectivity index (χ1v) is 7.97. The lowest BCUT2D eigenvalue weighted by Gasteiger charge is -2.09. The first-order valence-electron chi connectivity index (χ1n) is 7.97. The summed E-state index contributed by atoms with van der Waals surface area (Å²) in [6, 6.07) is 18.5. The summed E-state index contributed by atoms with van der Waals surface area (Å²) < 4.78 is 1.91. The monoisotopic (exact) mass is 330 g/mol. The van der Waals surface area contributed by atoms with Gasteiger partial charge in [-0.3, -0.25) is 9.48 Å². The number of amides is 1. The van der Waals surface area contributed by atoms with Crippen LogP contribution in [0.2, 0.25) is 0 Å². The third kappa shape index (κ3) is 3.75. The van der Waals surface area contributed by atoms with Crippen molar-refractivity contribution >= 4 is 11.6 Å². The van der Waals surface area contributed by atoms with Crippen LogP contribution in [0.25, 0.3) is 0 Å². The normalized spacial score (nSPS) is 10.3. The van der Waals surface area contributed by atoms with E-state index in [-0.39, 0.29) is 5.91 Å². The van der Waals surface area contributed by atoms with Gasteiger partial charge in [0.2, 0.25) is 0 Å². The number of aryl methyl sites for hydroxylation is 2. The molecular formula is C20H18N4O. The molecule has 5 heteroatoms. The number of anilines is 1. The second-order valence-corrected chi connectivity index (χ2v) is 5.90. The molecule has 0 spiro atoms. The van der Waals surface area contributed by atoms with Crippen molar-refractivity contribution in [2.45, 2.75) is 20.4 Å². The van der Waals surface area contributed by atoms with Crippen LogP contribution < -0.4 is 5.32 Å². The number of para-hydroxylation sites is 1. The second-order valence-electron chi connectivity index (χ2n) is 5.90. The van der Waals surface area contributed by atoms with Crippen molar-refractivity contribution in [2.24, 2.45) is 0 Å². The maximum Gasteiger partial charge on any atom is 0.255 e. The summed E-state index contributed by atoms with van der Waals surface area (Å²) in [6.07, 6.45) is 0. The molecule has 0 aliphatic heterocycles. The average molecular weight is 330 g/mol. The van der Waals surface area contributed by atoms with Crippen LogP contribution in [-0.4, -0.2) is 15.7 Å². The van der Waals surface area contributed by atoms with Crippen molar-refractivity contribution in [1.82, 2.24) is 9.78 Å². The third-order valence-electron chi connectivity index (χ3n) is 3.92. The summed E-state index contributed by atoms with van der Waals surface area (Å²) in [5, 5.41) is 16.4. The van der Waals surface area contributed by atoms with Crippen LogP contribution in [0.4, 0.5) is 5.69 Å². The predicted molar refractivity (Wildman–Crippen MR) is 96.4 cm³/mol. The smallest absolute Gasteiger partial charge is 0.255 e. The highest BCUT2D eigenvalue weighted by molar-refractivity contribution is 6.05. The Kier molecular flexibility index (Phi) is 4.62. The summed E-state index contributed by atoms with van der Waals surface area (Å²) in [5.74, 6) is -0.238. The molecular weight excluding hydrogens is 312 g/mol. The molecule has 0 saturated heterocycles. The lowest BCUT2D eigenvalue weighted by atomic mass is 10.1. The van der Waals surface area contributed by atoms with Crippen molar-refractivity contribution < 1.29 is 4.79 Å². The standard InChI is InChI=1S/C20H18N4O/c1-14-10-15(2)24(23-14)13-16-6-5-8-17(11-16)20(25)22-19-9-4-3-7-18(19)12-21/h3-11H,13H2,1-2H3,(H,22,25). The van der Waals surface area contributed by atoms with Gasteiger partial charge in [0, 0.05) is 11.3 Å². The second kappa shape index (κ2) is 7.02. The Morgan fingerprint density at radius 3 is 2.68 bits per heavy atom. The van der Waals surface area contributed by atoms with Crippen molar-refractivity contribution in [2.75, 3.05) is 5.32 Å². The van der Waals surface area contributed by atoms with Gasteiger partial charge in [-0.2, -0.15) is 10.4 Å². The molecule has 124 valence electrons. The summed E-state index contributed by atoms with van der Waals surface area (Å²) in [7, 11) is 0. The molecule has 5 nitrogen and oxygen atoms in total. The Hall–Kier alpha value is -3.39. The maximum atomic E-state index is 12.5. The predicted octanol–water partition coefficient (Wildman–Crippen LogP) is 3.67. The Morgan fingerprint density at radius 2 is 1.96 bits per heavy atom. The fourth-order valence-corrected chi connectivity index (χ4v) is 2.70. The average Bonchev–Trinajstić information content (AvgIpc) is 2.92. The zero-order chi connectivity index (χ0) is 17.8. The quantitative estimate of drug-likeness (QED) is 0.793. The van der Waals surface area contributed by atoms with Gasteiger partial charge in [-0.15, -0.1) is 0 Å². The first kappa shape index (κ1) is 16.5. The van der Waals surface area contributed by atoms with Gasteiger partial charge >= 0.3 is 0 Å². The lowest BCUT2D eigenvalue weighted by molar-refractivity contribution is 0.102. The van der Waals surface area contributed by atoms with Gasteiger partial charge in [-0.05, 0) is 49.7 Å². The van der Waals surface area contributed by atoms with Crippen LogP contribution in [0, 0.1) is 25.2 Å². The molecule has 3 rings (SSSR count). The van der Waals surface area contributed by atoms with Crippen LogP contribution in [-0.2, 0) is 6.54 Å².